The van der Waals surface area contributed by atoms with E-state index in [1.807, 2.05) is 48.0 Å². The molecule has 0 saturated carbocycles. The lowest BCUT2D eigenvalue weighted by molar-refractivity contribution is 0.0143. The highest BCUT2D eigenvalue weighted by molar-refractivity contribution is 5.22. The van der Waals surface area contributed by atoms with Crippen LogP contribution >= 0.6 is 0 Å². The van der Waals surface area contributed by atoms with Crippen molar-refractivity contribution in [3.8, 4) is 0 Å². The minimum atomic E-state index is -0.817. The summed E-state index contributed by atoms with van der Waals surface area (Å²) in [5.41, 5.74) is 0.133. The van der Waals surface area contributed by atoms with E-state index in [9.17, 15) is 5.11 Å². The molecular weight excluding hydrogens is 200 g/mol. The van der Waals surface area contributed by atoms with Gasteiger partial charge in [-0.15, -0.1) is 0 Å². The van der Waals surface area contributed by atoms with Gasteiger partial charge in [0, 0.05) is 12.4 Å². The summed E-state index contributed by atoms with van der Waals surface area (Å²) >= 11 is 0. The van der Waals surface area contributed by atoms with E-state index in [2.05, 4.69) is 4.98 Å². The van der Waals surface area contributed by atoms with Crippen molar-refractivity contribution in [2.45, 2.75) is 25.5 Å². The molecule has 1 aromatic carbocycles. The van der Waals surface area contributed by atoms with E-state index >= 15 is 0 Å². The molecule has 2 aromatic rings. The number of imidazole rings is 1. The molecule has 0 radical (unpaired) electrons. The lowest BCUT2D eigenvalue weighted by Gasteiger charge is -2.27. The molecule has 0 fully saturated rings. The lowest BCUT2D eigenvalue weighted by atomic mass is 9.91. The number of nitrogens with zero attached hydrogens (tertiary/aromatic N) is 2. The van der Waals surface area contributed by atoms with Gasteiger partial charge in [-0.3, -0.25) is 0 Å². The average Bonchev–Trinajstić information content (AvgIpc) is 2.83. The van der Waals surface area contributed by atoms with Crippen LogP contribution in [0.5, 0.6) is 0 Å². The third-order valence-electron chi connectivity index (χ3n) is 2.90. The van der Waals surface area contributed by atoms with Crippen LogP contribution in [-0.4, -0.2) is 14.7 Å². The fourth-order valence-electron chi connectivity index (χ4n) is 1.84. The monoisotopic (exact) mass is 216 g/mol. The first-order valence-corrected chi connectivity index (χ1v) is 5.48. The van der Waals surface area contributed by atoms with Crippen molar-refractivity contribution >= 4 is 0 Å². The summed E-state index contributed by atoms with van der Waals surface area (Å²) in [7, 11) is 0. The Morgan fingerprint density at radius 2 is 2.06 bits per heavy atom. The molecule has 3 nitrogen and oxygen atoms in total. The maximum absolute atomic E-state index is 10.6. The minimum Gasteiger partial charge on any atom is -0.383 e. The van der Waals surface area contributed by atoms with Gasteiger partial charge in [0.05, 0.1) is 12.9 Å². The van der Waals surface area contributed by atoms with E-state index < -0.39 is 5.60 Å². The van der Waals surface area contributed by atoms with Crippen molar-refractivity contribution in [2.75, 3.05) is 0 Å². The van der Waals surface area contributed by atoms with Gasteiger partial charge in [0.25, 0.3) is 0 Å². The van der Waals surface area contributed by atoms with E-state index in [0.717, 1.165) is 5.56 Å². The highest BCUT2D eigenvalue weighted by Gasteiger charge is 2.27. The Bertz CT molecular complexity index is 424. The Kier molecular flexibility index (Phi) is 3.06. The van der Waals surface area contributed by atoms with Crippen LogP contribution < -0.4 is 0 Å². The molecule has 1 unspecified atom stereocenters. The lowest BCUT2D eigenvalue weighted by Crippen LogP contribution is -2.30. The first kappa shape index (κ1) is 10.9. The summed E-state index contributed by atoms with van der Waals surface area (Å²) in [6, 6.07) is 9.77. The van der Waals surface area contributed by atoms with Crippen LogP contribution in [0.15, 0.2) is 49.1 Å². The maximum Gasteiger partial charge on any atom is 0.107 e. The molecule has 0 spiro atoms. The Morgan fingerprint density at radius 3 is 2.62 bits per heavy atom. The maximum atomic E-state index is 10.6. The van der Waals surface area contributed by atoms with Gasteiger partial charge in [-0.25, -0.2) is 4.98 Å². The number of rotatable bonds is 4. The van der Waals surface area contributed by atoms with Gasteiger partial charge in [-0.05, 0) is 12.0 Å². The topological polar surface area (TPSA) is 38.0 Å². The Labute approximate surface area is 95.4 Å². The summed E-state index contributed by atoms with van der Waals surface area (Å²) < 4.78 is 1.90. The molecule has 1 atom stereocenters. The van der Waals surface area contributed by atoms with Crippen molar-refractivity contribution in [2.24, 2.45) is 0 Å². The molecular formula is C13H16N2O. The molecule has 0 aliphatic carbocycles. The highest BCUT2D eigenvalue weighted by atomic mass is 16.3. The van der Waals surface area contributed by atoms with Crippen LogP contribution in [0.1, 0.15) is 18.9 Å². The van der Waals surface area contributed by atoms with Crippen molar-refractivity contribution in [1.82, 2.24) is 9.55 Å². The SMILES string of the molecule is CCC(O)(Cn1ccnc1)c1ccccc1. The molecule has 1 heterocycles. The number of aliphatic hydroxyl groups is 1. The molecule has 0 aliphatic heterocycles. The zero-order valence-electron chi connectivity index (χ0n) is 9.37. The van der Waals surface area contributed by atoms with Crippen LogP contribution in [-0.2, 0) is 12.1 Å². The molecule has 0 bridgehead atoms. The molecule has 16 heavy (non-hydrogen) atoms. The van der Waals surface area contributed by atoms with Crippen molar-refractivity contribution < 1.29 is 5.11 Å². The van der Waals surface area contributed by atoms with E-state index in [1.54, 1.807) is 12.5 Å². The van der Waals surface area contributed by atoms with E-state index in [4.69, 9.17) is 0 Å². The second-order valence-electron chi connectivity index (χ2n) is 3.99. The first-order valence-electron chi connectivity index (χ1n) is 5.48. The summed E-state index contributed by atoms with van der Waals surface area (Å²) in [5.74, 6) is 0. The van der Waals surface area contributed by atoms with Gasteiger partial charge in [0.2, 0.25) is 0 Å². The van der Waals surface area contributed by atoms with Gasteiger partial charge >= 0.3 is 0 Å². The Morgan fingerprint density at radius 1 is 1.31 bits per heavy atom. The second-order valence-corrected chi connectivity index (χ2v) is 3.99. The predicted molar refractivity (Wildman–Crippen MR) is 62.9 cm³/mol. The number of hydrogen-bond donors (Lipinski definition) is 1. The first-order chi connectivity index (χ1) is 7.74. The fraction of sp³-hybridized carbons (Fsp3) is 0.308. The summed E-state index contributed by atoms with van der Waals surface area (Å²) in [5, 5.41) is 10.6. The van der Waals surface area contributed by atoms with Crippen LogP contribution in [0.2, 0.25) is 0 Å². The molecule has 84 valence electrons. The smallest absolute Gasteiger partial charge is 0.107 e. The van der Waals surface area contributed by atoms with E-state index in [-0.39, 0.29) is 0 Å². The number of hydrogen-bond acceptors (Lipinski definition) is 2. The van der Waals surface area contributed by atoms with E-state index in [0.29, 0.717) is 13.0 Å². The summed E-state index contributed by atoms with van der Waals surface area (Å²) in [6.45, 7) is 2.53. The summed E-state index contributed by atoms with van der Waals surface area (Å²) in [6.07, 6.45) is 5.99. The van der Waals surface area contributed by atoms with E-state index in [1.165, 1.54) is 0 Å². The fourth-order valence-corrected chi connectivity index (χ4v) is 1.84. The average molecular weight is 216 g/mol. The third kappa shape index (κ3) is 2.14. The van der Waals surface area contributed by atoms with Crippen LogP contribution in [0.4, 0.5) is 0 Å². The highest BCUT2D eigenvalue weighted by Crippen LogP contribution is 2.26. The quantitative estimate of drug-likeness (QED) is 0.850. The number of benzene rings is 1. The molecule has 0 aliphatic rings. The van der Waals surface area contributed by atoms with Crippen LogP contribution in [0.3, 0.4) is 0 Å². The second kappa shape index (κ2) is 4.49. The molecule has 3 heteroatoms. The zero-order chi connectivity index (χ0) is 11.4. The molecule has 0 amide bonds. The van der Waals surface area contributed by atoms with Gasteiger partial charge in [0.15, 0.2) is 0 Å². The van der Waals surface area contributed by atoms with Gasteiger partial charge in [0.1, 0.15) is 5.60 Å². The Balaban J connectivity index is 2.26. The number of aromatic nitrogens is 2. The van der Waals surface area contributed by atoms with Gasteiger partial charge in [-0.1, -0.05) is 37.3 Å². The normalized spacial score (nSPS) is 14.6. The Hall–Kier alpha value is -1.61. The standard InChI is InChI=1S/C13H16N2O/c1-2-13(16,10-15-9-8-14-11-15)12-6-4-3-5-7-12/h3-9,11,16H,2,10H2,1H3. The van der Waals surface area contributed by atoms with Crippen molar-refractivity contribution in [1.29, 1.82) is 0 Å². The van der Waals surface area contributed by atoms with Crippen LogP contribution in [0.25, 0.3) is 0 Å². The van der Waals surface area contributed by atoms with Gasteiger partial charge in [-0.2, -0.15) is 0 Å². The largest absolute Gasteiger partial charge is 0.383 e. The molecule has 1 N–H and O–H groups in total. The zero-order valence-corrected chi connectivity index (χ0v) is 9.37. The minimum absolute atomic E-state index is 0.535. The summed E-state index contributed by atoms with van der Waals surface area (Å²) in [4.78, 5) is 3.99. The molecule has 2 rings (SSSR count). The molecule has 0 saturated heterocycles. The third-order valence-corrected chi connectivity index (χ3v) is 2.90. The predicted octanol–water partition coefficient (Wildman–Crippen LogP) is 2.18. The van der Waals surface area contributed by atoms with Crippen molar-refractivity contribution in [3.63, 3.8) is 0 Å². The van der Waals surface area contributed by atoms with Crippen LogP contribution in [0, 0.1) is 0 Å². The van der Waals surface area contributed by atoms with Crippen molar-refractivity contribution in [3.05, 3.63) is 54.6 Å². The van der Waals surface area contributed by atoms with Gasteiger partial charge < -0.3 is 9.67 Å². The molecule has 1 aromatic heterocycles.